The average molecular weight is 426 g/mol. The summed E-state index contributed by atoms with van der Waals surface area (Å²) in [7, 11) is -2.59. The Morgan fingerprint density at radius 3 is 2.00 bits per heavy atom. The van der Waals surface area contributed by atoms with Gasteiger partial charge in [-0.15, -0.1) is 0 Å². The molecule has 0 aliphatic heterocycles. The van der Waals surface area contributed by atoms with E-state index in [9.17, 15) is 4.79 Å². The molecule has 2 N–H and O–H groups in total. The molecule has 0 heterocycles. The second kappa shape index (κ2) is 9.35. The van der Waals surface area contributed by atoms with Crippen molar-refractivity contribution in [3.05, 3.63) is 60.7 Å². The molecule has 3 atom stereocenters. The molecular weight excluding hydrogens is 390 g/mol. The van der Waals surface area contributed by atoms with Crippen molar-refractivity contribution in [2.75, 3.05) is 0 Å². The Morgan fingerprint density at radius 1 is 1.03 bits per heavy atom. The molecule has 3 rings (SSSR count). The molecular formula is C25H35NO3Si. The third-order valence-corrected chi connectivity index (χ3v) is 11.6. The SMILES string of the molecule is CC[C@@H]1C[C@@H](NC(=O)O)CC[C@H]1O[Si](c1ccccc1)(c1ccccc1)C(C)(C)C. The number of carboxylic acid groups (broad SMARTS) is 1. The molecule has 0 aromatic heterocycles. The number of nitrogens with one attached hydrogen (secondary N) is 1. The molecule has 5 heteroatoms. The molecule has 0 radical (unpaired) electrons. The van der Waals surface area contributed by atoms with Crippen LogP contribution < -0.4 is 15.7 Å². The maximum atomic E-state index is 11.1. The second-order valence-electron chi connectivity index (χ2n) is 9.45. The van der Waals surface area contributed by atoms with Crippen LogP contribution in [0.25, 0.3) is 0 Å². The Labute approximate surface area is 181 Å². The van der Waals surface area contributed by atoms with Gasteiger partial charge in [0.2, 0.25) is 0 Å². The predicted molar refractivity (Wildman–Crippen MR) is 125 cm³/mol. The summed E-state index contributed by atoms with van der Waals surface area (Å²) in [6.07, 6.45) is 2.74. The Kier molecular flexibility index (Phi) is 7.04. The monoisotopic (exact) mass is 425 g/mol. The highest BCUT2D eigenvalue weighted by Gasteiger charge is 2.52. The molecule has 0 unspecified atom stereocenters. The molecule has 0 saturated heterocycles. The van der Waals surface area contributed by atoms with Gasteiger partial charge in [0.1, 0.15) is 0 Å². The van der Waals surface area contributed by atoms with E-state index in [1.165, 1.54) is 10.4 Å². The average Bonchev–Trinajstić information content (AvgIpc) is 2.72. The molecule has 1 aliphatic carbocycles. The number of amides is 1. The van der Waals surface area contributed by atoms with Crippen LogP contribution in [0.15, 0.2) is 60.7 Å². The fourth-order valence-corrected chi connectivity index (χ4v) is 9.82. The van der Waals surface area contributed by atoms with Gasteiger partial charge in [-0.05, 0) is 40.6 Å². The molecule has 0 bridgehead atoms. The lowest BCUT2D eigenvalue weighted by Gasteiger charge is -2.48. The molecule has 4 nitrogen and oxygen atoms in total. The number of carbonyl (C=O) groups is 1. The predicted octanol–water partition coefficient (Wildman–Crippen LogP) is 4.78. The van der Waals surface area contributed by atoms with Crippen LogP contribution in [-0.2, 0) is 4.43 Å². The summed E-state index contributed by atoms with van der Waals surface area (Å²) >= 11 is 0. The van der Waals surface area contributed by atoms with Crippen molar-refractivity contribution in [1.29, 1.82) is 0 Å². The first-order valence-electron chi connectivity index (χ1n) is 11.1. The van der Waals surface area contributed by atoms with Crippen molar-refractivity contribution < 1.29 is 14.3 Å². The van der Waals surface area contributed by atoms with Crippen molar-refractivity contribution >= 4 is 24.8 Å². The third-order valence-electron chi connectivity index (χ3n) is 6.51. The van der Waals surface area contributed by atoms with Crippen LogP contribution in [0.4, 0.5) is 4.79 Å². The van der Waals surface area contributed by atoms with Crippen LogP contribution in [-0.4, -0.2) is 31.7 Å². The van der Waals surface area contributed by atoms with E-state index in [1.807, 2.05) is 0 Å². The lowest BCUT2D eigenvalue weighted by molar-refractivity contribution is 0.0669. The van der Waals surface area contributed by atoms with Gasteiger partial charge >= 0.3 is 6.09 Å². The lowest BCUT2D eigenvalue weighted by Crippen LogP contribution is -2.68. The first-order chi connectivity index (χ1) is 14.3. The topological polar surface area (TPSA) is 58.6 Å². The van der Waals surface area contributed by atoms with E-state index in [-0.39, 0.29) is 17.2 Å². The van der Waals surface area contributed by atoms with Crippen LogP contribution in [0.3, 0.4) is 0 Å². The lowest BCUT2D eigenvalue weighted by atomic mass is 9.82. The summed E-state index contributed by atoms with van der Waals surface area (Å²) in [4.78, 5) is 11.1. The first-order valence-corrected chi connectivity index (χ1v) is 13.0. The smallest absolute Gasteiger partial charge is 0.404 e. The highest BCUT2D eigenvalue weighted by molar-refractivity contribution is 6.99. The first kappa shape index (κ1) is 22.6. The number of hydrogen-bond acceptors (Lipinski definition) is 2. The quantitative estimate of drug-likeness (QED) is 0.655. The van der Waals surface area contributed by atoms with Crippen LogP contribution in [0, 0.1) is 5.92 Å². The van der Waals surface area contributed by atoms with Crippen LogP contribution in [0.2, 0.25) is 5.04 Å². The van der Waals surface area contributed by atoms with E-state index in [1.54, 1.807) is 0 Å². The van der Waals surface area contributed by atoms with E-state index in [2.05, 4.69) is 93.7 Å². The van der Waals surface area contributed by atoms with Crippen LogP contribution >= 0.6 is 0 Å². The number of rotatable bonds is 6. The molecule has 2 aromatic rings. The van der Waals surface area contributed by atoms with Crippen LogP contribution in [0.1, 0.15) is 53.4 Å². The molecule has 1 saturated carbocycles. The van der Waals surface area contributed by atoms with Gasteiger partial charge in [-0.25, -0.2) is 4.79 Å². The fourth-order valence-electron chi connectivity index (χ4n) is 5.04. The third kappa shape index (κ3) is 4.62. The highest BCUT2D eigenvalue weighted by atomic mass is 28.4. The van der Waals surface area contributed by atoms with Crippen molar-refractivity contribution in [3.63, 3.8) is 0 Å². The van der Waals surface area contributed by atoms with Crippen LogP contribution in [0.5, 0.6) is 0 Å². The Hall–Kier alpha value is -2.11. The molecule has 162 valence electrons. The summed E-state index contributed by atoms with van der Waals surface area (Å²) in [5.74, 6) is 0.345. The van der Waals surface area contributed by atoms with Gasteiger partial charge in [-0.2, -0.15) is 0 Å². The largest absolute Gasteiger partial charge is 0.465 e. The Morgan fingerprint density at radius 2 is 1.57 bits per heavy atom. The van der Waals surface area contributed by atoms with E-state index < -0.39 is 14.4 Å². The van der Waals surface area contributed by atoms with Gasteiger partial charge < -0.3 is 14.8 Å². The minimum Gasteiger partial charge on any atom is -0.465 e. The summed E-state index contributed by atoms with van der Waals surface area (Å²) in [6, 6.07) is 21.5. The maximum Gasteiger partial charge on any atom is 0.404 e. The fraction of sp³-hybridized carbons (Fsp3) is 0.480. The summed E-state index contributed by atoms with van der Waals surface area (Å²) in [5, 5.41) is 14.4. The molecule has 0 spiro atoms. The second-order valence-corrected chi connectivity index (χ2v) is 13.7. The summed E-state index contributed by atoms with van der Waals surface area (Å²) in [5.41, 5.74) is 0. The van der Waals surface area contributed by atoms with Crippen molar-refractivity contribution in [3.8, 4) is 0 Å². The van der Waals surface area contributed by atoms with Gasteiger partial charge in [-0.3, -0.25) is 0 Å². The Bertz CT molecular complexity index is 780. The normalized spacial score (nSPS) is 22.5. The van der Waals surface area contributed by atoms with Crippen molar-refractivity contribution in [1.82, 2.24) is 5.32 Å². The van der Waals surface area contributed by atoms with E-state index in [0.29, 0.717) is 5.92 Å². The zero-order valence-electron chi connectivity index (χ0n) is 18.6. The van der Waals surface area contributed by atoms with Gasteiger partial charge in [-0.1, -0.05) is 94.8 Å². The molecule has 1 fully saturated rings. The van der Waals surface area contributed by atoms with Gasteiger partial charge in [0.05, 0.1) is 0 Å². The van der Waals surface area contributed by atoms with Gasteiger partial charge in [0, 0.05) is 12.1 Å². The van der Waals surface area contributed by atoms with Gasteiger partial charge in [0.15, 0.2) is 0 Å². The number of hydrogen-bond donors (Lipinski definition) is 2. The van der Waals surface area contributed by atoms with Crippen molar-refractivity contribution in [2.45, 2.75) is 70.6 Å². The molecule has 2 aromatic carbocycles. The van der Waals surface area contributed by atoms with E-state index >= 15 is 0 Å². The highest BCUT2D eigenvalue weighted by Crippen LogP contribution is 2.41. The Balaban J connectivity index is 2.02. The minimum atomic E-state index is -2.59. The van der Waals surface area contributed by atoms with Gasteiger partial charge in [0.25, 0.3) is 8.32 Å². The van der Waals surface area contributed by atoms with E-state index in [0.717, 1.165) is 25.7 Å². The zero-order chi connectivity index (χ0) is 21.8. The molecule has 1 amide bonds. The minimum absolute atomic E-state index is 0.0199. The standard InChI is InChI=1S/C25H35NO3Si/c1-5-19-18-20(26-24(27)28)16-17-23(19)29-30(25(2,3)4,21-12-8-6-9-13-21)22-14-10-7-11-15-22/h6-15,19-20,23,26H,5,16-18H2,1-4H3,(H,27,28)/t19-,20+,23-/m1/s1. The molecule has 30 heavy (non-hydrogen) atoms. The molecule has 1 aliphatic rings. The number of benzene rings is 2. The summed E-state index contributed by atoms with van der Waals surface area (Å²) < 4.78 is 7.34. The van der Waals surface area contributed by atoms with Crippen molar-refractivity contribution in [2.24, 2.45) is 5.92 Å². The zero-order valence-corrected chi connectivity index (χ0v) is 19.6. The maximum absolute atomic E-state index is 11.1. The van der Waals surface area contributed by atoms with E-state index in [4.69, 9.17) is 9.53 Å². The summed E-state index contributed by atoms with van der Waals surface area (Å²) in [6.45, 7) is 9.10.